The molecule has 0 fully saturated rings. The number of aromatic nitrogens is 2. The molecule has 152 valence electrons. The monoisotopic (exact) mass is 455 g/mol. The Balaban J connectivity index is 1.82. The molecule has 0 bridgehead atoms. The van der Waals surface area contributed by atoms with Crippen molar-refractivity contribution in [3.8, 4) is 0 Å². The van der Waals surface area contributed by atoms with Crippen molar-refractivity contribution in [3.05, 3.63) is 62.6 Å². The van der Waals surface area contributed by atoms with Gasteiger partial charge in [0, 0.05) is 17.8 Å². The molecule has 0 saturated carbocycles. The number of rotatable bonds is 7. The van der Waals surface area contributed by atoms with Gasteiger partial charge in [0.2, 0.25) is 5.91 Å². The van der Waals surface area contributed by atoms with Crippen LogP contribution in [0.5, 0.6) is 0 Å². The first-order valence-corrected chi connectivity index (χ1v) is 10.2. The highest BCUT2D eigenvalue weighted by atomic mass is 35.5. The van der Waals surface area contributed by atoms with Crippen LogP contribution in [0.15, 0.2) is 46.3 Å². The second kappa shape index (κ2) is 9.58. The average molecular weight is 456 g/mol. The van der Waals surface area contributed by atoms with Crippen LogP contribution in [0.4, 0.5) is 10.1 Å². The van der Waals surface area contributed by atoms with E-state index in [9.17, 15) is 14.0 Å². The van der Waals surface area contributed by atoms with E-state index in [0.717, 1.165) is 11.8 Å². The van der Waals surface area contributed by atoms with E-state index in [1.165, 1.54) is 29.9 Å². The molecule has 6 nitrogen and oxygen atoms in total. The van der Waals surface area contributed by atoms with E-state index in [4.69, 9.17) is 27.9 Å². The van der Waals surface area contributed by atoms with E-state index < -0.39 is 5.82 Å². The highest BCUT2D eigenvalue weighted by molar-refractivity contribution is 7.99. The molecule has 1 heterocycles. The molecule has 0 aliphatic rings. The number of ether oxygens (including phenoxy) is 1. The van der Waals surface area contributed by atoms with Gasteiger partial charge in [0.25, 0.3) is 5.56 Å². The van der Waals surface area contributed by atoms with Gasteiger partial charge in [0.1, 0.15) is 5.82 Å². The zero-order valence-electron chi connectivity index (χ0n) is 15.2. The fourth-order valence-corrected chi connectivity index (χ4v) is 3.74. The fraction of sp³-hybridized carbons (Fsp3) is 0.211. The van der Waals surface area contributed by atoms with Crippen molar-refractivity contribution < 1.29 is 13.9 Å². The second-order valence-electron chi connectivity index (χ2n) is 5.97. The molecular formula is C19H16Cl2FN3O3S. The van der Waals surface area contributed by atoms with Crippen LogP contribution in [0.3, 0.4) is 0 Å². The Kier molecular flexibility index (Phi) is 7.13. The van der Waals surface area contributed by atoms with Crippen LogP contribution in [0.25, 0.3) is 10.9 Å². The van der Waals surface area contributed by atoms with Crippen molar-refractivity contribution >= 4 is 57.5 Å². The van der Waals surface area contributed by atoms with E-state index >= 15 is 0 Å². The molecule has 0 unspecified atom stereocenters. The molecule has 29 heavy (non-hydrogen) atoms. The summed E-state index contributed by atoms with van der Waals surface area (Å²) >= 11 is 12.8. The third kappa shape index (κ3) is 5.27. The van der Waals surface area contributed by atoms with Gasteiger partial charge in [0.05, 0.1) is 34.8 Å². The second-order valence-corrected chi connectivity index (χ2v) is 7.76. The lowest BCUT2D eigenvalue weighted by Gasteiger charge is -2.13. The smallest absolute Gasteiger partial charge is 0.262 e. The minimum Gasteiger partial charge on any atom is -0.383 e. The molecule has 3 aromatic rings. The van der Waals surface area contributed by atoms with Crippen molar-refractivity contribution in [2.45, 2.75) is 11.7 Å². The summed E-state index contributed by atoms with van der Waals surface area (Å²) in [6.07, 6.45) is 0. The summed E-state index contributed by atoms with van der Waals surface area (Å²) < 4.78 is 19.8. The maximum Gasteiger partial charge on any atom is 0.262 e. The zero-order valence-corrected chi connectivity index (χ0v) is 17.6. The molecule has 0 aliphatic carbocycles. The number of anilines is 1. The molecule has 0 atom stereocenters. The highest BCUT2D eigenvalue weighted by Gasteiger charge is 2.14. The molecular weight excluding hydrogens is 440 g/mol. The highest BCUT2D eigenvalue weighted by Crippen LogP contribution is 2.22. The Labute approximate surface area is 180 Å². The van der Waals surface area contributed by atoms with Gasteiger partial charge in [-0.25, -0.2) is 9.37 Å². The van der Waals surface area contributed by atoms with E-state index in [2.05, 4.69) is 10.3 Å². The lowest BCUT2D eigenvalue weighted by molar-refractivity contribution is -0.113. The van der Waals surface area contributed by atoms with Crippen LogP contribution in [0, 0.1) is 5.82 Å². The number of fused-ring (bicyclic) bond motifs is 1. The third-order valence-electron chi connectivity index (χ3n) is 3.94. The first-order chi connectivity index (χ1) is 13.9. The van der Waals surface area contributed by atoms with Crippen molar-refractivity contribution in [1.82, 2.24) is 9.55 Å². The van der Waals surface area contributed by atoms with E-state index in [0.29, 0.717) is 39.9 Å². The van der Waals surface area contributed by atoms with Crippen LogP contribution in [0.2, 0.25) is 10.0 Å². The van der Waals surface area contributed by atoms with Gasteiger partial charge in [-0.3, -0.25) is 14.2 Å². The van der Waals surface area contributed by atoms with Crippen LogP contribution in [-0.4, -0.2) is 34.9 Å². The molecule has 1 amide bonds. The lowest BCUT2D eigenvalue weighted by Crippen LogP contribution is -2.26. The quantitative estimate of drug-likeness (QED) is 0.426. The number of hydrogen-bond acceptors (Lipinski definition) is 5. The maximum atomic E-state index is 13.2. The molecule has 0 radical (unpaired) electrons. The number of carbonyl (C=O) groups is 1. The fourth-order valence-electron chi connectivity index (χ4n) is 2.56. The molecule has 1 aromatic heterocycles. The zero-order chi connectivity index (χ0) is 21.0. The summed E-state index contributed by atoms with van der Waals surface area (Å²) in [5.74, 6) is -0.933. The van der Waals surface area contributed by atoms with Gasteiger partial charge in [-0.15, -0.1) is 0 Å². The predicted molar refractivity (Wildman–Crippen MR) is 114 cm³/mol. The van der Waals surface area contributed by atoms with E-state index in [-0.39, 0.29) is 22.2 Å². The molecule has 10 heteroatoms. The predicted octanol–water partition coefficient (Wildman–Crippen LogP) is 4.22. The minimum absolute atomic E-state index is 0.0134. The van der Waals surface area contributed by atoms with Crippen molar-refractivity contribution in [2.24, 2.45) is 0 Å². The van der Waals surface area contributed by atoms with Crippen LogP contribution >= 0.6 is 35.0 Å². The normalized spacial score (nSPS) is 11.0. The van der Waals surface area contributed by atoms with Crippen LogP contribution in [0.1, 0.15) is 0 Å². The number of nitrogens with zero attached hydrogens (tertiary/aromatic N) is 2. The van der Waals surface area contributed by atoms with Gasteiger partial charge in [-0.05, 0) is 36.4 Å². The molecule has 3 rings (SSSR count). The summed E-state index contributed by atoms with van der Waals surface area (Å²) in [4.78, 5) is 29.6. The topological polar surface area (TPSA) is 73.2 Å². The van der Waals surface area contributed by atoms with Crippen LogP contribution in [-0.2, 0) is 16.1 Å². The molecule has 0 spiro atoms. The third-order valence-corrected chi connectivity index (χ3v) is 5.44. The summed E-state index contributed by atoms with van der Waals surface area (Å²) in [5, 5.41) is 3.81. The number of halogens is 3. The summed E-state index contributed by atoms with van der Waals surface area (Å²) in [5.41, 5.74) is 0.582. The number of nitrogens with one attached hydrogen (secondary N) is 1. The van der Waals surface area contributed by atoms with Gasteiger partial charge in [-0.2, -0.15) is 0 Å². The number of thioether (sulfide) groups is 1. The van der Waals surface area contributed by atoms with Crippen LogP contribution < -0.4 is 10.9 Å². The standard InChI is InChI=1S/C19H16Cl2FN3O3S/c1-28-7-6-25-18(27)13-4-2-11(20)8-16(13)24-19(25)29-10-17(26)23-12-3-5-15(22)14(21)9-12/h2-5,8-9H,6-7,10H2,1H3,(H,23,26). The van der Waals surface area contributed by atoms with Gasteiger partial charge in [-0.1, -0.05) is 35.0 Å². The molecule has 0 aliphatic heterocycles. The summed E-state index contributed by atoms with van der Waals surface area (Å²) in [6.45, 7) is 0.604. The Bertz CT molecular complexity index is 1120. The first kappa shape index (κ1) is 21.6. The first-order valence-electron chi connectivity index (χ1n) is 8.46. The van der Waals surface area contributed by atoms with E-state index in [1.54, 1.807) is 18.2 Å². The number of carbonyl (C=O) groups excluding carboxylic acids is 1. The molecule has 1 N–H and O–H groups in total. The summed E-state index contributed by atoms with van der Waals surface area (Å²) in [6, 6.07) is 8.75. The Morgan fingerprint density at radius 3 is 2.79 bits per heavy atom. The average Bonchev–Trinajstić information content (AvgIpc) is 2.68. The number of hydrogen-bond donors (Lipinski definition) is 1. The SMILES string of the molecule is COCCn1c(SCC(=O)Nc2ccc(F)c(Cl)c2)nc2cc(Cl)ccc2c1=O. The van der Waals surface area contributed by atoms with E-state index in [1.807, 2.05) is 0 Å². The Morgan fingerprint density at radius 1 is 1.28 bits per heavy atom. The van der Waals surface area contributed by atoms with Crippen molar-refractivity contribution in [2.75, 3.05) is 24.8 Å². The minimum atomic E-state index is -0.569. The molecule has 2 aromatic carbocycles. The lowest BCUT2D eigenvalue weighted by atomic mass is 10.2. The maximum absolute atomic E-state index is 13.2. The van der Waals surface area contributed by atoms with Gasteiger partial charge in [0.15, 0.2) is 5.16 Å². The number of methoxy groups -OCH3 is 1. The van der Waals surface area contributed by atoms with Gasteiger partial charge < -0.3 is 10.1 Å². The van der Waals surface area contributed by atoms with Crippen molar-refractivity contribution in [1.29, 1.82) is 0 Å². The Morgan fingerprint density at radius 2 is 2.07 bits per heavy atom. The Hall–Kier alpha value is -2.13. The van der Waals surface area contributed by atoms with Crippen molar-refractivity contribution in [3.63, 3.8) is 0 Å². The van der Waals surface area contributed by atoms with Gasteiger partial charge >= 0.3 is 0 Å². The largest absolute Gasteiger partial charge is 0.383 e. The summed E-state index contributed by atoms with van der Waals surface area (Å²) in [7, 11) is 1.54. The number of amides is 1. The molecule has 0 saturated heterocycles. The number of benzene rings is 2.